The van der Waals surface area contributed by atoms with Gasteiger partial charge in [0, 0.05) is 12.7 Å². The summed E-state index contributed by atoms with van der Waals surface area (Å²) in [7, 11) is 0. The lowest BCUT2D eigenvalue weighted by molar-refractivity contribution is 0.0522. The SMILES string of the molecule is CCOC(=O)c1cccc2c1OCCCN2c1ncccc1Cl. The standard InChI is InChI=1S/C17H17ClN2O3/c1-2-22-17(21)12-6-3-8-14-15(12)23-11-5-10-20(14)16-13(18)7-4-9-19-16/h3-4,6-9H,2,5,10-11H2,1H3. The van der Waals surface area contributed by atoms with Crippen molar-refractivity contribution >= 4 is 29.1 Å². The minimum Gasteiger partial charge on any atom is -0.490 e. The number of fused-ring (bicyclic) bond motifs is 1. The maximum absolute atomic E-state index is 12.2. The van der Waals surface area contributed by atoms with E-state index < -0.39 is 5.97 Å². The molecule has 0 bridgehead atoms. The van der Waals surface area contributed by atoms with Crippen LogP contribution in [0.25, 0.3) is 0 Å². The quantitative estimate of drug-likeness (QED) is 0.799. The van der Waals surface area contributed by atoms with Crippen LogP contribution in [-0.4, -0.2) is 30.7 Å². The number of esters is 1. The Balaban J connectivity index is 2.09. The number of hydrogen-bond donors (Lipinski definition) is 0. The Labute approximate surface area is 139 Å². The van der Waals surface area contributed by atoms with Gasteiger partial charge in [-0.25, -0.2) is 9.78 Å². The smallest absolute Gasteiger partial charge is 0.341 e. The van der Waals surface area contributed by atoms with Crippen molar-refractivity contribution in [1.82, 2.24) is 4.98 Å². The molecule has 2 heterocycles. The summed E-state index contributed by atoms with van der Waals surface area (Å²) in [4.78, 5) is 18.5. The zero-order valence-electron chi connectivity index (χ0n) is 12.8. The topological polar surface area (TPSA) is 51.7 Å². The fourth-order valence-corrected chi connectivity index (χ4v) is 2.80. The van der Waals surface area contributed by atoms with E-state index in [4.69, 9.17) is 21.1 Å². The summed E-state index contributed by atoms with van der Waals surface area (Å²) in [5.41, 5.74) is 1.19. The molecule has 0 spiro atoms. The molecule has 0 fully saturated rings. The third kappa shape index (κ3) is 3.10. The second kappa shape index (κ2) is 6.87. The Morgan fingerprint density at radius 2 is 2.26 bits per heavy atom. The second-order valence-corrected chi connectivity index (χ2v) is 5.44. The van der Waals surface area contributed by atoms with Crippen LogP contribution in [0, 0.1) is 0 Å². The fraction of sp³-hybridized carbons (Fsp3) is 0.294. The molecule has 2 aromatic rings. The van der Waals surface area contributed by atoms with E-state index in [1.54, 1.807) is 31.3 Å². The largest absolute Gasteiger partial charge is 0.490 e. The minimum atomic E-state index is -0.390. The van der Waals surface area contributed by atoms with Crippen LogP contribution in [0.5, 0.6) is 5.75 Å². The van der Waals surface area contributed by atoms with E-state index in [0.717, 1.165) is 12.1 Å². The fourth-order valence-electron chi connectivity index (χ4n) is 2.57. The van der Waals surface area contributed by atoms with Crippen LogP contribution in [0.1, 0.15) is 23.7 Å². The third-order valence-electron chi connectivity index (χ3n) is 3.55. The van der Waals surface area contributed by atoms with Gasteiger partial charge >= 0.3 is 5.97 Å². The van der Waals surface area contributed by atoms with Crippen molar-refractivity contribution < 1.29 is 14.3 Å². The first-order valence-corrected chi connectivity index (χ1v) is 7.91. The number of benzene rings is 1. The average Bonchev–Trinajstić information content (AvgIpc) is 2.78. The van der Waals surface area contributed by atoms with Gasteiger partial charge in [-0.3, -0.25) is 0 Å². The lowest BCUT2D eigenvalue weighted by Gasteiger charge is -2.24. The van der Waals surface area contributed by atoms with E-state index in [1.807, 2.05) is 17.0 Å². The molecule has 1 aliphatic heterocycles. The van der Waals surface area contributed by atoms with Gasteiger partial charge in [-0.05, 0) is 37.6 Å². The normalized spacial score (nSPS) is 13.7. The van der Waals surface area contributed by atoms with Gasteiger partial charge in [0.15, 0.2) is 11.6 Å². The van der Waals surface area contributed by atoms with E-state index in [-0.39, 0.29) is 0 Å². The molecule has 0 aliphatic carbocycles. The predicted molar refractivity (Wildman–Crippen MR) is 88.8 cm³/mol. The van der Waals surface area contributed by atoms with Crippen molar-refractivity contribution in [3.63, 3.8) is 0 Å². The Morgan fingerprint density at radius 1 is 1.39 bits per heavy atom. The highest BCUT2D eigenvalue weighted by Gasteiger charge is 2.25. The number of carbonyl (C=O) groups excluding carboxylic acids is 1. The van der Waals surface area contributed by atoms with Gasteiger partial charge in [0.05, 0.1) is 23.9 Å². The summed E-state index contributed by atoms with van der Waals surface area (Å²) in [5.74, 6) is 0.783. The molecule has 1 aliphatic rings. The van der Waals surface area contributed by atoms with Gasteiger partial charge in [0.2, 0.25) is 0 Å². The van der Waals surface area contributed by atoms with Crippen LogP contribution in [0.15, 0.2) is 36.5 Å². The van der Waals surface area contributed by atoms with E-state index in [0.29, 0.717) is 41.9 Å². The van der Waals surface area contributed by atoms with E-state index >= 15 is 0 Å². The number of anilines is 2. The molecule has 0 saturated heterocycles. The van der Waals surface area contributed by atoms with Crippen molar-refractivity contribution in [1.29, 1.82) is 0 Å². The number of rotatable bonds is 3. The molecule has 1 aromatic heterocycles. The van der Waals surface area contributed by atoms with Crippen LogP contribution >= 0.6 is 11.6 Å². The lowest BCUT2D eigenvalue weighted by Crippen LogP contribution is -2.19. The molecule has 5 nitrogen and oxygen atoms in total. The maximum Gasteiger partial charge on any atom is 0.341 e. The van der Waals surface area contributed by atoms with Crippen molar-refractivity contribution in [3.8, 4) is 5.75 Å². The summed E-state index contributed by atoms with van der Waals surface area (Å²) >= 11 is 6.29. The number of halogens is 1. The number of carbonyl (C=O) groups is 1. The van der Waals surface area contributed by atoms with Crippen LogP contribution in [0.2, 0.25) is 5.02 Å². The number of nitrogens with zero attached hydrogens (tertiary/aromatic N) is 2. The summed E-state index contributed by atoms with van der Waals surface area (Å²) < 4.78 is 10.9. The average molecular weight is 333 g/mol. The molecule has 0 N–H and O–H groups in total. The molecular weight excluding hydrogens is 316 g/mol. The van der Waals surface area contributed by atoms with Crippen molar-refractivity contribution in [2.75, 3.05) is 24.7 Å². The number of ether oxygens (including phenoxy) is 2. The highest BCUT2D eigenvalue weighted by Crippen LogP contribution is 2.40. The molecule has 6 heteroatoms. The van der Waals surface area contributed by atoms with Crippen LogP contribution in [0.3, 0.4) is 0 Å². The van der Waals surface area contributed by atoms with E-state index in [2.05, 4.69) is 4.98 Å². The highest BCUT2D eigenvalue weighted by atomic mass is 35.5. The van der Waals surface area contributed by atoms with Crippen LogP contribution in [-0.2, 0) is 4.74 Å². The lowest BCUT2D eigenvalue weighted by atomic mass is 10.1. The first-order valence-electron chi connectivity index (χ1n) is 7.53. The molecule has 0 unspecified atom stereocenters. The molecule has 3 rings (SSSR count). The molecule has 0 saturated carbocycles. The molecule has 1 aromatic carbocycles. The predicted octanol–water partition coefficient (Wildman–Crippen LogP) is 3.83. The zero-order chi connectivity index (χ0) is 16.2. The monoisotopic (exact) mass is 332 g/mol. The number of para-hydroxylation sites is 1. The Hall–Kier alpha value is -2.27. The van der Waals surface area contributed by atoms with Gasteiger partial charge < -0.3 is 14.4 Å². The third-order valence-corrected chi connectivity index (χ3v) is 3.84. The van der Waals surface area contributed by atoms with E-state index in [1.165, 1.54) is 0 Å². The van der Waals surface area contributed by atoms with Gasteiger partial charge in [-0.1, -0.05) is 17.7 Å². The van der Waals surface area contributed by atoms with Crippen molar-refractivity contribution in [3.05, 3.63) is 47.1 Å². The Bertz CT molecular complexity index is 721. The molecule has 0 radical (unpaired) electrons. The van der Waals surface area contributed by atoms with Gasteiger partial charge in [0.1, 0.15) is 5.56 Å². The summed E-state index contributed by atoms with van der Waals surface area (Å²) in [6.07, 6.45) is 2.49. The first kappa shape index (κ1) is 15.6. The van der Waals surface area contributed by atoms with Gasteiger partial charge in [-0.2, -0.15) is 0 Å². The summed E-state index contributed by atoms with van der Waals surface area (Å²) in [6, 6.07) is 9.00. The zero-order valence-corrected chi connectivity index (χ0v) is 13.5. The summed E-state index contributed by atoms with van der Waals surface area (Å²) in [5, 5.41) is 0.557. The molecule has 0 amide bonds. The summed E-state index contributed by atoms with van der Waals surface area (Å²) in [6.45, 7) is 3.32. The second-order valence-electron chi connectivity index (χ2n) is 5.04. The molecular formula is C17H17ClN2O3. The first-order chi connectivity index (χ1) is 11.2. The number of hydrogen-bond acceptors (Lipinski definition) is 5. The number of aromatic nitrogens is 1. The van der Waals surface area contributed by atoms with Crippen LogP contribution < -0.4 is 9.64 Å². The van der Waals surface area contributed by atoms with Gasteiger partial charge in [0.25, 0.3) is 0 Å². The Kier molecular flexibility index (Phi) is 4.67. The molecule has 23 heavy (non-hydrogen) atoms. The highest BCUT2D eigenvalue weighted by molar-refractivity contribution is 6.33. The van der Waals surface area contributed by atoms with Crippen molar-refractivity contribution in [2.45, 2.75) is 13.3 Å². The maximum atomic E-state index is 12.2. The van der Waals surface area contributed by atoms with Gasteiger partial charge in [-0.15, -0.1) is 0 Å². The minimum absolute atomic E-state index is 0.318. The van der Waals surface area contributed by atoms with Crippen LogP contribution in [0.4, 0.5) is 11.5 Å². The van der Waals surface area contributed by atoms with Crippen molar-refractivity contribution in [2.24, 2.45) is 0 Å². The Morgan fingerprint density at radius 3 is 3.04 bits per heavy atom. The van der Waals surface area contributed by atoms with E-state index in [9.17, 15) is 4.79 Å². The molecule has 0 atom stereocenters. The number of pyridine rings is 1. The molecule has 120 valence electrons.